The molecule has 3 N–H and O–H groups in total. The number of rotatable bonds is 6. The van der Waals surface area contributed by atoms with Crippen molar-refractivity contribution in [1.82, 2.24) is 20.2 Å². The van der Waals surface area contributed by atoms with E-state index in [0.717, 1.165) is 26.7 Å². The minimum atomic E-state index is -0.373. The van der Waals surface area contributed by atoms with Crippen LogP contribution in [0.15, 0.2) is 24.4 Å². The second-order valence-corrected chi connectivity index (χ2v) is 7.42. The predicted molar refractivity (Wildman–Crippen MR) is 104 cm³/mol. The van der Waals surface area contributed by atoms with Crippen molar-refractivity contribution in [3.05, 3.63) is 35.0 Å². The van der Waals surface area contributed by atoms with E-state index in [4.69, 9.17) is 10.8 Å². The molecule has 0 spiro atoms. The molecular formula is C18H19N7S. The molecule has 0 radical (unpaired) electrons. The number of nitrogens with zero attached hydrogens (tertiary/aromatic N) is 4. The zero-order valence-corrected chi connectivity index (χ0v) is 15.0. The minimum absolute atomic E-state index is 0.373. The van der Waals surface area contributed by atoms with Gasteiger partial charge in [0.15, 0.2) is 0 Å². The van der Waals surface area contributed by atoms with Gasteiger partial charge in [0.1, 0.15) is 10.8 Å². The maximum Gasteiger partial charge on any atom is 0.211 e. The van der Waals surface area contributed by atoms with Crippen LogP contribution >= 0.6 is 11.3 Å². The van der Waals surface area contributed by atoms with Gasteiger partial charge in [-0.2, -0.15) is 0 Å². The highest BCUT2D eigenvalue weighted by Gasteiger charge is 2.21. The summed E-state index contributed by atoms with van der Waals surface area (Å²) >= 11 is 1.60. The number of hydrogen-bond acceptors (Lipinski definition) is 8. The number of anilines is 2. The lowest BCUT2D eigenvalue weighted by Crippen LogP contribution is -2.02. The van der Waals surface area contributed by atoms with Gasteiger partial charge in [0, 0.05) is 24.5 Å². The fourth-order valence-corrected chi connectivity index (χ4v) is 4.17. The summed E-state index contributed by atoms with van der Waals surface area (Å²) in [5, 5.41) is 28.5. The van der Waals surface area contributed by atoms with Crippen molar-refractivity contribution >= 4 is 45.7 Å². The summed E-state index contributed by atoms with van der Waals surface area (Å²) in [5.41, 5.74) is 2.28. The van der Waals surface area contributed by atoms with E-state index in [0.29, 0.717) is 11.7 Å². The Bertz CT molecular complexity index is 938. The Labute approximate surface area is 154 Å². The summed E-state index contributed by atoms with van der Waals surface area (Å²) in [7, 11) is 0. The van der Waals surface area contributed by atoms with E-state index in [2.05, 4.69) is 25.5 Å². The van der Waals surface area contributed by atoms with Crippen LogP contribution in [-0.4, -0.2) is 32.6 Å². The summed E-state index contributed by atoms with van der Waals surface area (Å²) in [5.74, 6) is 0.868. The number of aromatic nitrogens is 4. The van der Waals surface area contributed by atoms with Crippen molar-refractivity contribution in [1.29, 1.82) is 10.8 Å². The minimum Gasteiger partial charge on any atom is -0.315 e. The Hall–Kier alpha value is -2.74. The zero-order valence-electron chi connectivity index (χ0n) is 14.1. The monoisotopic (exact) mass is 365 g/mol. The second-order valence-electron chi connectivity index (χ2n) is 6.41. The van der Waals surface area contributed by atoms with Crippen LogP contribution in [0.5, 0.6) is 0 Å². The average molecular weight is 365 g/mol. The highest BCUT2D eigenvalue weighted by Crippen LogP contribution is 2.36. The van der Waals surface area contributed by atoms with Gasteiger partial charge in [0.05, 0.1) is 17.0 Å². The van der Waals surface area contributed by atoms with Crippen molar-refractivity contribution in [2.24, 2.45) is 0 Å². The normalized spacial score (nSPS) is 15.8. The average Bonchev–Trinajstić information content (AvgIpc) is 3.34. The molecule has 8 heteroatoms. The Morgan fingerprint density at radius 2 is 1.92 bits per heavy atom. The summed E-state index contributed by atoms with van der Waals surface area (Å²) in [6.07, 6.45) is 9.11. The molecule has 132 valence electrons. The topological polar surface area (TPSA) is 111 Å². The molecular weight excluding hydrogens is 346 g/mol. The molecule has 7 nitrogen and oxygen atoms in total. The molecule has 0 unspecified atom stereocenters. The molecule has 0 aromatic carbocycles. The SMILES string of the molecule is N=CC(C=N)c1cnc2ccc(Nc3nnc(C4CCCC4)s3)nc2c1. The van der Waals surface area contributed by atoms with Crippen LogP contribution in [0.3, 0.4) is 0 Å². The fraction of sp³-hybridized carbons (Fsp3) is 0.333. The van der Waals surface area contributed by atoms with E-state index in [9.17, 15) is 0 Å². The van der Waals surface area contributed by atoms with Crippen molar-refractivity contribution < 1.29 is 0 Å². The molecule has 0 aliphatic heterocycles. The Kier molecular flexibility index (Phi) is 4.66. The molecule has 26 heavy (non-hydrogen) atoms. The molecule has 0 atom stereocenters. The second kappa shape index (κ2) is 7.25. The Morgan fingerprint density at radius 1 is 1.12 bits per heavy atom. The molecule has 1 aliphatic carbocycles. The lowest BCUT2D eigenvalue weighted by Gasteiger charge is -2.07. The molecule has 3 aromatic rings. The highest BCUT2D eigenvalue weighted by atomic mass is 32.1. The van der Waals surface area contributed by atoms with Crippen molar-refractivity contribution in [2.45, 2.75) is 37.5 Å². The molecule has 4 rings (SSSR count). The van der Waals surface area contributed by atoms with E-state index >= 15 is 0 Å². The first-order chi connectivity index (χ1) is 12.8. The van der Waals surface area contributed by atoms with Crippen LogP contribution in [0, 0.1) is 10.8 Å². The van der Waals surface area contributed by atoms with E-state index < -0.39 is 0 Å². The molecule has 3 heterocycles. The predicted octanol–water partition coefficient (Wildman–Crippen LogP) is 4.27. The third-order valence-corrected chi connectivity index (χ3v) is 5.68. The fourth-order valence-electron chi connectivity index (χ4n) is 3.25. The molecule has 3 aromatic heterocycles. The van der Waals surface area contributed by atoms with E-state index in [1.54, 1.807) is 17.5 Å². The Morgan fingerprint density at radius 3 is 2.69 bits per heavy atom. The smallest absolute Gasteiger partial charge is 0.211 e. The van der Waals surface area contributed by atoms with Crippen molar-refractivity contribution in [3.63, 3.8) is 0 Å². The zero-order chi connectivity index (χ0) is 17.9. The van der Waals surface area contributed by atoms with Crippen molar-refractivity contribution in [3.8, 4) is 0 Å². The van der Waals surface area contributed by atoms with Crippen LogP contribution in [0.25, 0.3) is 11.0 Å². The quantitative estimate of drug-likeness (QED) is 0.565. The van der Waals surface area contributed by atoms with Crippen LogP contribution in [0.1, 0.15) is 48.1 Å². The van der Waals surface area contributed by atoms with Crippen LogP contribution in [0.2, 0.25) is 0 Å². The van der Waals surface area contributed by atoms with E-state index in [1.807, 2.05) is 18.2 Å². The molecule has 1 saturated carbocycles. The number of nitrogens with one attached hydrogen (secondary N) is 3. The maximum absolute atomic E-state index is 7.42. The largest absolute Gasteiger partial charge is 0.315 e. The lowest BCUT2D eigenvalue weighted by atomic mass is 10.0. The van der Waals surface area contributed by atoms with Gasteiger partial charge in [-0.05, 0) is 36.6 Å². The summed E-state index contributed by atoms with van der Waals surface area (Å²) in [6, 6.07) is 5.64. The molecule has 1 fully saturated rings. The first-order valence-corrected chi connectivity index (χ1v) is 9.47. The van der Waals surface area contributed by atoms with E-state index in [-0.39, 0.29) is 5.92 Å². The van der Waals surface area contributed by atoms with Crippen LogP contribution in [0.4, 0.5) is 10.9 Å². The van der Waals surface area contributed by atoms with Gasteiger partial charge in [0.2, 0.25) is 5.13 Å². The summed E-state index contributed by atoms with van der Waals surface area (Å²) < 4.78 is 0. The summed E-state index contributed by atoms with van der Waals surface area (Å²) in [4.78, 5) is 8.98. The number of hydrogen-bond donors (Lipinski definition) is 3. The van der Waals surface area contributed by atoms with Gasteiger partial charge in [0.25, 0.3) is 0 Å². The van der Waals surface area contributed by atoms with Gasteiger partial charge < -0.3 is 16.1 Å². The molecule has 1 aliphatic rings. The third kappa shape index (κ3) is 3.32. The number of fused-ring (bicyclic) bond motifs is 1. The van der Waals surface area contributed by atoms with Gasteiger partial charge in [-0.15, -0.1) is 10.2 Å². The van der Waals surface area contributed by atoms with Gasteiger partial charge in [-0.25, -0.2) is 4.98 Å². The standard InChI is InChI=1S/C18H19N7S/c19-8-13(9-20)12-7-15-14(21-10-12)5-6-16(22-15)23-18-25-24-17(26-18)11-3-1-2-4-11/h5-11,13,19-20H,1-4H2,(H,22,23,25). The maximum atomic E-state index is 7.42. The molecule has 0 bridgehead atoms. The third-order valence-electron chi connectivity index (χ3n) is 4.68. The van der Waals surface area contributed by atoms with Gasteiger partial charge >= 0.3 is 0 Å². The van der Waals surface area contributed by atoms with Gasteiger partial charge in [-0.3, -0.25) is 4.98 Å². The first kappa shape index (κ1) is 16.7. The highest BCUT2D eigenvalue weighted by molar-refractivity contribution is 7.15. The van der Waals surface area contributed by atoms with Crippen LogP contribution < -0.4 is 5.32 Å². The number of pyridine rings is 2. The summed E-state index contributed by atoms with van der Waals surface area (Å²) in [6.45, 7) is 0. The van der Waals surface area contributed by atoms with Crippen LogP contribution in [-0.2, 0) is 0 Å². The Balaban J connectivity index is 1.58. The lowest BCUT2D eigenvalue weighted by molar-refractivity contribution is 0.705. The van der Waals surface area contributed by atoms with Gasteiger partial charge in [-0.1, -0.05) is 24.2 Å². The molecule has 0 saturated heterocycles. The molecule has 0 amide bonds. The van der Waals surface area contributed by atoms with Crippen molar-refractivity contribution in [2.75, 3.05) is 5.32 Å². The first-order valence-electron chi connectivity index (χ1n) is 8.65. The van der Waals surface area contributed by atoms with E-state index in [1.165, 1.54) is 38.1 Å².